The highest BCUT2D eigenvalue weighted by Crippen LogP contribution is 2.27. The molecule has 2 unspecified atom stereocenters. The van der Waals surface area contributed by atoms with Gasteiger partial charge < -0.3 is 9.80 Å². The van der Waals surface area contributed by atoms with Crippen LogP contribution < -0.4 is 0 Å². The lowest BCUT2D eigenvalue weighted by Crippen LogP contribution is -2.59. The second-order valence-electron chi connectivity index (χ2n) is 7.62. The van der Waals surface area contributed by atoms with Crippen molar-refractivity contribution in [1.82, 2.24) is 9.80 Å². The van der Waals surface area contributed by atoms with E-state index in [2.05, 4.69) is 0 Å². The predicted molar refractivity (Wildman–Crippen MR) is 133 cm³/mol. The van der Waals surface area contributed by atoms with Gasteiger partial charge in [-0.2, -0.15) is 0 Å². The van der Waals surface area contributed by atoms with Gasteiger partial charge in [-0.1, -0.05) is 58.5 Å². The van der Waals surface area contributed by atoms with Crippen LogP contribution in [0.1, 0.15) is 25.0 Å². The third kappa shape index (κ3) is 5.68. The summed E-state index contributed by atoms with van der Waals surface area (Å²) in [5.41, 5.74) is 1.20. The Labute approximate surface area is 208 Å². The van der Waals surface area contributed by atoms with Crippen LogP contribution in [0.3, 0.4) is 0 Å². The van der Waals surface area contributed by atoms with Gasteiger partial charge in [0, 0.05) is 68.5 Å². The average molecular weight is 512 g/mol. The largest absolute Gasteiger partial charge is 0.333 e. The molecule has 2 aromatic rings. The summed E-state index contributed by atoms with van der Waals surface area (Å²) in [6, 6.07) is 10.0. The summed E-state index contributed by atoms with van der Waals surface area (Å²) in [5.74, 6) is -0.323. The summed E-state index contributed by atoms with van der Waals surface area (Å²) < 4.78 is 0. The van der Waals surface area contributed by atoms with Gasteiger partial charge in [0.1, 0.15) is 0 Å². The third-order valence-corrected chi connectivity index (χ3v) is 6.66. The SMILES string of the molecule is CC1CN(C(=O)/C=C/c2c(Cl)cccc2Cl)C(C)CN1C(=O)/C=C/c1c(Cl)cccc1Cl. The standard InChI is InChI=1S/C24H22Cl4N2O2/c1-15-13-30(24(32)12-10-18-21(27)7-4-8-22(18)28)16(2)14-29(15)23(31)11-9-17-19(25)5-3-6-20(17)26/h3-12,15-16H,13-14H2,1-2H3/b11-9+,12-10+. The van der Waals surface area contributed by atoms with E-state index in [0.717, 1.165) is 0 Å². The number of nitrogens with zero attached hydrogens (tertiary/aromatic N) is 2. The zero-order valence-corrected chi connectivity index (χ0v) is 20.6. The Morgan fingerprint density at radius 1 is 0.719 bits per heavy atom. The molecule has 1 aliphatic rings. The van der Waals surface area contributed by atoms with Crippen LogP contribution >= 0.6 is 46.4 Å². The van der Waals surface area contributed by atoms with Crippen molar-refractivity contribution in [2.75, 3.05) is 13.1 Å². The maximum Gasteiger partial charge on any atom is 0.246 e. The molecule has 4 nitrogen and oxygen atoms in total. The molecule has 1 aliphatic heterocycles. The number of hydrogen-bond acceptors (Lipinski definition) is 2. The Kier molecular flexibility index (Phi) is 8.29. The normalized spacial score (nSPS) is 19.2. The minimum Gasteiger partial charge on any atom is -0.333 e. The van der Waals surface area contributed by atoms with Crippen molar-refractivity contribution in [3.8, 4) is 0 Å². The van der Waals surface area contributed by atoms with E-state index in [1.165, 1.54) is 12.2 Å². The number of hydrogen-bond donors (Lipinski definition) is 0. The zero-order valence-electron chi connectivity index (χ0n) is 17.6. The van der Waals surface area contributed by atoms with E-state index in [0.29, 0.717) is 44.3 Å². The molecule has 0 radical (unpaired) electrons. The number of amides is 2. The maximum atomic E-state index is 12.8. The highest BCUT2D eigenvalue weighted by Gasteiger charge is 2.32. The van der Waals surface area contributed by atoms with Gasteiger partial charge in [-0.15, -0.1) is 0 Å². The van der Waals surface area contributed by atoms with Gasteiger partial charge in [0.25, 0.3) is 0 Å². The van der Waals surface area contributed by atoms with Crippen molar-refractivity contribution in [1.29, 1.82) is 0 Å². The van der Waals surface area contributed by atoms with Crippen LogP contribution in [0.4, 0.5) is 0 Å². The fourth-order valence-electron chi connectivity index (χ4n) is 3.58. The second kappa shape index (κ2) is 10.8. The molecule has 2 aromatic carbocycles. The summed E-state index contributed by atoms with van der Waals surface area (Å²) in [6.07, 6.45) is 6.18. The summed E-state index contributed by atoms with van der Waals surface area (Å²) >= 11 is 24.7. The van der Waals surface area contributed by atoms with Gasteiger partial charge >= 0.3 is 0 Å². The molecule has 0 saturated carbocycles. The minimum absolute atomic E-state index is 0.161. The van der Waals surface area contributed by atoms with Gasteiger partial charge in [0.2, 0.25) is 11.8 Å². The topological polar surface area (TPSA) is 40.6 Å². The first-order chi connectivity index (χ1) is 15.2. The number of carbonyl (C=O) groups excluding carboxylic acids is 2. The molecule has 168 valence electrons. The Morgan fingerprint density at radius 2 is 1.03 bits per heavy atom. The van der Waals surface area contributed by atoms with E-state index >= 15 is 0 Å². The van der Waals surface area contributed by atoms with Gasteiger partial charge in [0.15, 0.2) is 0 Å². The van der Waals surface area contributed by atoms with E-state index in [1.54, 1.807) is 58.4 Å². The molecular formula is C24H22Cl4N2O2. The molecule has 0 N–H and O–H groups in total. The van der Waals surface area contributed by atoms with Crippen LogP contribution in [0.2, 0.25) is 20.1 Å². The first kappa shape index (κ1) is 24.7. The molecule has 0 bridgehead atoms. The van der Waals surface area contributed by atoms with Crippen molar-refractivity contribution in [3.63, 3.8) is 0 Å². The van der Waals surface area contributed by atoms with Crippen molar-refractivity contribution >= 4 is 70.4 Å². The van der Waals surface area contributed by atoms with Gasteiger partial charge in [-0.05, 0) is 50.3 Å². The molecule has 32 heavy (non-hydrogen) atoms. The van der Waals surface area contributed by atoms with Crippen LogP contribution in [0, 0.1) is 0 Å². The van der Waals surface area contributed by atoms with E-state index in [1.807, 2.05) is 13.8 Å². The number of benzene rings is 2. The smallest absolute Gasteiger partial charge is 0.246 e. The molecule has 3 rings (SSSR count). The van der Waals surface area contributed by atoms with Crippen molar-refractivity contribution < 1.29 is 9.59 Å². The summed E-state index contributed by atoms with van der Waals surface area (Å²) in [4.78, 5) is 29.1. The zero-order chi connectivity index (χ0) is 23.4. The molecule has 1 heterocycles. The van der Waals surface area contributed by atoms with Crippen LogP contribution in [0.5, 0.6) is 0 Å². The monoisotopic (exact) mass is 510 g/mol. The van der Waals surface area contributed by atoms with E-state index in [9.17, 15) is 9.59 Å². The number of piperazine rings is 1. The van der Waals surface area contributed by atoms with Crippen molar-refractivity contribution in [2.24, 2.45) is 0 Å². The quantitative estimate of drug-likeness (QED) is 0.441. The Balaban J connectivity index is 1.68. The fourth-order valence-corrected chi connectivity index (χ4v) is 4.63. The number of rotatable bonds is 4. The lowest BCUT2D eigenvalue weighted by Gasteiger charge is -2.43. The van der Waals surface area contributed by atoms with Crippen molar-refractivity contribution in [2.45, 2.75) is 25.9 Å². The van der Waals surface area contributed by atoms with Crippen LogP contribution in [-0.2, 0) is 9.59 Å². The summed E-state index contributed by atoms with van der Waals surface area (Å²) in [5, 5.41) is 1.90. The van der Waals surface area contributed by atoms with Gasteiger partial charge in [-0.25, -0.2) is 0 Å². The van der Waals surface area contributed by atoms with Crippen LogP contribution in [0.25, 0.3) is 12.2 Å². The molecular weight excluding hydrogens is 490 g/mol. The fraction of sp³-hybridized carbons (Fsp3) is 0.250. The molecule has 8 heteroatoms. The Hall–Kier alpha value is -1.98. The van der Waals surface area contributed by atoms with Crippen LogP contribution in [-0.4, -0.2) is 46.8 Å². The highest BCUT2D eigenvalue weighted by molar-refractivity contribution is 6.37. The maximum absolute atomic E-state index is 12.8. The molecule has 2 amide bonds. The average Bonchev–Trinajstić information content (AvgIpc) is 2.74. The molecule has 0 spiro atoms. The minimum atomic E-state index is -0.161. The Bertz CT molecular complexity index is 958. The van der Waals surface area contributed by atoms with E-state index < -0.39 is 0 Å². The number of halogens is 4. The molecule has 0 aromatic heterocycles. The first-order valence-corrected chi connectivity index (χ1v) is 11.6. The highest BCUT2D eigenvalue weighted by atomic mass is 35.5. The van der Waals surface area contributed by atoms with Gasteiger partial charge in [-0.3, -0.25) is 9.59 Å². The molecule has 1 fully saturated rings. The molecule has 1 saturated heterocycles. The summed E-state index contributed by atoms with van der Waals surface area (Å²) in [7, 11) is 0. The van der Waals surface area contributed by atoms with Gasteiger partial charge in [0.05, 0.1) is 0 Å². The van der Waals surface area contributed by atoms with Crippen LogP contribution in [0.15, 0.2) is 48.6 Å². The van der Waals surface area contributed by atoms with Crippen molar-refractivity contribution in [3.05, 3.63) is 79.8 Å². The number of carbonyl (C=O) groups is 2. The Morgan fingerprint density at radius 3 is 1.34 bits per heavy atom. The molecule has 2 atom stereocenters. The van der Waals surface area contributed by atoms with E-state index in [4.69, 9.17) is 46.4 Å². The predicted octanol–water partition coefficient (Wildman–Crippen LogP) is 6.47. The summed E-state index contributed by atoms with van der Waals surface area (Å²) in [6.45, 7) is 4.64. The lowest BCUT2D eigenvalue weighted by molar-refractivity contribution is -0.139. The molecule has 0 aliphatic carbocycles. The first-order valence-electron chi connectivity index (χ1n) is 10.0. The second-order valence-corrected chi connectivity index (χ2v) is 9.25. The third-order valence-electron chi connectivity index (χ3n) is 5.34. The lowest BCUT2D eigenvalue weighted by atomic mass is 10.1. The van der Waals surface area contributed by atoms with E-state index in [-0.39, 0.29) is 23.9 Å².